The monoisotopic (exact) mass is 847 g/mol. The molecule has 2 fully saturated rings. The van der Waals surface area contributed by atoms with Gasteiger partial charge in [0.2, 0.25) is 5.95 Å². The minimum Gasteiger partial charge on any atom is -0.487 e. The molecular weight excluding hydrogens is 787 g/mol. The third-order valence-corrected chi connectivity index (χ3v) is 10.4. The van der Waals surface area contributed by atoms with Crippen LogP contribution >= 0.6 is 0 Å². The molecule has 19 nitrogen and oxygen atoms in total. The van der Waals surface area contributed by atoms with Crippen LogP contribution in [0.4, 0.5) is 11.6 Å². The van der Waals surface area contributed by atoms with Crippen molar-refractivity contribution in [2.75, 3.05) is 91.6 Å². The van der Waals surface area contributed by atoms with Crippen molar-refractivity contribution in [2.45, 2.75) is 89.8 Å². The Morgan fingerprint density at radius 2 is 1.51 bits per heavy atom. The quantitative estimate of drug-likeness (QED) is 0.0867. The predicted molar refractivity (Wildman–Crippen MR) is 224 cm³/mol. The van der Waals surface area contributed by atoms with Crippen LogP contribution in [0.25, 0.3) is 11.1 Å². The fourth-order valence-corrected chi connectivity index (χ4v) is 7.53. The van der Waals surface area contributed by atoms with Crippen molar-refractivity contribution in [3.8, 4) is 28.8 Å². The molecule has 332 valence electrons. The van der Waals surface area contributed by atoms with Crippen LogP contribution in [0, 0.1) is 11.3 Å². The number of nitrogens with zero attached hydrogens (tertiary/aromatic N) is 10. The van der Waals surface area contributed by atoms with E-state index in [2.05, 4.69) is 55.6 Å². The molecule has 61 heavy (non-hydrogen) atoms. The Balaban J connectivity index is 1.02. The van der Waals surface area contributed by atoms with E-state index in [1.54, 1.807) is 30.3 Å². The molecule has 1 aliphatic heterocycles. The van der Waals surface area contributed by atoms with E-state index in [1.807, 2.05) is 29.9 Å². The van der Waals surface area contributed by atoms with Gasteiger partial charge in [-0.2, -0.15) is 5.26 Å². The molecule has 2 aliphatic rings. The Morgan fingerprint density at radius 1 is 0.852 bits per heavy atom. The van der Waals surface area contributed by atoms with Gasteiger partial charge in [-0.25, -0.2) is 14.6 Å². The van der Waals surface area contributed by atoms with Crippen LogP contribution in [-0.4, -0.2) is 155 Å². The number of nitrogens with one attached hydrogen (secondary N) is 1. The average Bonchev–Trinajstić information content (AvgIpc) is 3.93. The third kappa shape index (κ3) is 14.7. The summed E-state index contributed by atoms with van der Waals surface area (Å²) in [4.78, 5) is 11.9. The number of hydrogen-bond donors (Lipinski definition) is 1. The lowest BCUT2D eigenvalue weighted by Crippen LogP contribution is -2.51. The van der Waals surface area contributed by atoms with Gasteiger partial charge in [0.25, 0.3) is 5.88 Å². The number of rotatable bonds is 26. The molecule has 0 unspecified atom stereocenters. The molecule has 4 heterocycles. The molecule has 1 aliphatic carbocycles. The molecule has 0 amide bonds. The number of hydrogen-bond acceptors (Lipinski definition) is 17. The van der Waals surface area contributed by atoms with Crippen molar-refractivity contribution in [1.29, 1.82) is 5.26 Å². The Bertz CT molecular complexity index is 1880. The topological polar surface area (TPSA) is 200 Å². The zero-order chi connectivity index (χ0) is 42.7. The first-order valence-electron chi connectivity index (χ1n) is 21.3. The number of ether oxygens (including phenoxy) is 8. The molecule has 6 rings (SSSR count). The van der Waals surface area contributed by atoms with E-state index in [0.717, 1.165) is 49.9 Å². The minimum atomic E-state index is -0.287. The van der Waals surface area contributed by atoms with E-state index < -0.39 is 0 Å². The summed E-state index contributed by atoms with van der Waals surface area (Å²) in [6.45, 7) is 13.7. The van der Waals surface area contributed by atoms with Crippen LogP contribution in [0.15, 0.2) is 43.1 Å². The number of tetrazole rings is 1. The average molecular weight is 848 g/mol. The van der Waals surface area contributed by atoms with Crippen molar-refractivity contribution >= 4 is 11.6 Å². The van der Waals surface area contributed by atoms with E-state index in [1.165, 1.54) is 6.33 Å². The summed E-state index contributed by atoms with van der Waals surface area (Å²) in [6, 6.07) is 8.41. The second-order valence-corrected chi connectivity index (χ2v) is 15.3. The maximum absolute atomic E-state index is 9.74. The predicted octanol–water partition coefficient (Wildman–Crippen LogP) is 4.48. The molecule has 1 saturated heterocycles. The van der Waals surface area contributed by atoms with E-state index >= 15 is 0 Å². The number of nitriles is 1. The minimum absolute atomic E-state index is 0.250. The lowest BCUT2D eigenvalue weighted by Gasteiger charge is -2.42. The summed E-state index contributed by atoms with van der Waals surface area (Å²) in [5.41, 5.74) is 2.68. The van der Waals surface area contributed by atoms with Crippen molar-refractivity contribution in [1.82, 2.24) is 44.9 Å². The zero-order valence-corrected chi connectivity index (χ0v) is 35.9. The second kappa shape index (κ2) is 24.6. The van der Waals surface area contributed by atoms with Crippen molar-refractivity contribution < 1.29 is 37.9 Å². The lowest BCUT2D eigenvalue weighted by atomic mass is 9.89. The summed E-state index contributed by atoms with van der Waals surface area (Å²) >= 11 is 0. The van der Waals surface area contributed by atoms with Gasteiger partial charge in [-0.1, -0.05) is 6.07 Å². The number of anilines is 2. The van der Waals surface area contributed by atoms with Gasteiger partial charge >= 0.3 is 0 Å². The fourth-order valence-electron chi connectivity index (χ4n) is 7.53. The zero-order valence-electron chi connectivity index (χ0n) is 35.9. The normalized spacial score (nSPS) is 20.0. The van der Waals surface area contributed by atoms with Crippen molar-refractivity contribution in [3.05, 3.63) is 48.7 Å². The first-order valence-corrected chi connectivity index (χ1v) is 21.3. The molecule has 0 spiro atoms. The molecule has 19 heteroatoms. The number of aromatic nitrogens is 8. The van der Waals surface area contributed by atoms with Crippen molar-refractivity contribution in [2.24, 2.45) is 0 Å². The highest BCUT2D eigenvalue weighted by atomic mass is 16.6. The smallest absolute Gasteiger partial charge is 0.256 e. The fraction of sp³-hybridized carbons (Fsp3) is 0.643. The highest BCUT2D eigenvalue weighted by Gasteiger charge is 2.32. The molecule has 3 aromatic heterocycles. The van der Waals surface area contributed by atoms with Crippen LogP contribution < -0.4 is 14.8 Å². The molecule has 4 aromatic rings. The largest absolute Gasteiger partial charge is 0.487 e. The first-order chi connectivity index (χ1) is 29.9. The third-order valence-electron chi connectivity index (χ3n) is 10.4. The summed E-state index contributed by atoms with van der Waals surface area (Å²) in [5.74, 6) is 1.34. The Labute approximate surface area is 357 Å². The SMILES string of the molecule is COCCOCCOCCOCCOCCCOc1nn(C2CCC(N3C[C@@H](C)O[C@@H](C)C3)CC2)cc1Nc1ncc(-c2ccc(C#N)c(O[C@@H](C)Cn3cnnn3)c2)cn1. The standard InChI is InChI=1S/C42H61N11O8/c1-31-26-51(27-32(2)60-31)37-8-10-38(11-9-37)53-29-39(41(48-53)59-13-5-12-55-16-17-57-20-21-58-19-18-56-15-14-54-4)47-42-44-24-36(25-45-42)34-6-7-35(23-43)40(22-34)61-33(3)28-52-30-46-49-50-52/h6-7,22,24-25,29-33,37-38H,5,8-21,26-28H2,1-4H3,(H,44,45,47)/t31-,32+,33-,37?,38?/m0/s1. The van der Waals surface area contributed by atoms with Crippen LogP contribution in [0.3, 0.4) is 0 Å². The van der Waals surface area contributed by atoms with Gasteiger partial charge in [-0.3, -0.25) is 9.58 Å². The summed E-state index contributed by atoms with van der Waals surface area (Å²) in [5, 5.41) is 29.3. The van der Waals surface area contributed by atoms with E-state index in [-0.39, 0.29) is 24.4 Å². The van der Waals surface area contributed by atoms with Crippen LogP contribution in [0.1, 0.15) is 64.5 Å². The maximum atomic E-state index is 9.74. The number of methoxy groups -OCH3 is 1. The second-order valence-electron chi connectivity index (χ2n) is 15.3. The Morgan fingerprint density at radius 3 is 2.15 bits per heavy atom. The van der Waals surface area contributed by atoms with Crippen molar-refractivity contribution in [3.63, 3.8) is 0 Å². The molecule has 0 radical (unpaired) electrons. The molecule has 3 atom stereocenters. The molecule has 1 aromatic carbocycles. The maximum Gasteiger partial charge on any atom is 0.256 e. The van der Waals surface area contributed by atoms with Gasteiger partial charge in [0.05, 0.1) is 96.0 Å². The van der Waals surface area contributed by atoms with Gasteiger partial charge in [-0.15, -0.1) is 10.2 Å². The van der Waals surface area contributed by atoms with E-state index in [4.69, 9.17) is 43.0 Å². The highest BCUT2D eigenvalue weighted by molar-refractivity contribution is 5.67. The Hall–Kier alpha value is -4.81. The van der Waals surface area contributed by atoms with Crippen LogP contribution in [-0.2, 0) is 35.0 Å². The molecule has 1 saturated carbocycles. The van der Waals surface area contributed by atoms with Crippen LogP contribution in [0.5, 0.6) is 11.6 Å². The summed E-state index contributed by atoms with van der Waals surface area (Å²) in [7, 11) is 1.65. The van der Waals surface area contributed by atoms with E-state index in [0.29, 0.717) is 114 Å². The molecule has 0 bridgehead atoms. The van der Waals surface area contributed by atoms with Gasteiger partial charge < -0.3 is 43.2 Å². The van der Waals surface area contributed by atoms with E-state index in [9.17, 15) is 5.26 Å². The highest BCUT2D eigenvalue weighted by Crippen LogP contribution is 2.35. The molecular formula is C42H61N11O8. The van der Waals surface area contributed by atoms with Gasteiger partial charge in [0, 0.05) is 57.2 Å². The lowest BCUT2D eigenvalue weighted by molar-refractivity contribution is -0.0852. The van der Waals surface area contributed by atoms with Gasteiger partial charge in [-0.05, 0) is 74.6 Å². The summed E-state index contributed by atoms with van der Waals surface area (Å²) < 4.78 is 49.2. The first kappa shape index (κ1) is 45.7. The summed E-state index contributed by atoms with van der Waals surface area (Å²) in [6.07, 6.45) is 12.1. The van der Waals surface area contributed by atoms with Crippen LogP contribution in [0.2, 0.25) is 0 Å². The molecule has 1 N–H and O–H groups in total. The number of morpholine rings is 1. The van der Waals surface area contributed by atoms with Gasteiger partial charge in [0.15, 0.2) is 0 Å². The van der Waals surface area contributed by atoms with Gasteiger partial charge in [0.1, 0.15) is 29.9 Å². The number of benzene rings is 1. The Kier molecular flexibility index (Phi) is 18.4.